The molecule has 94 valence electrons. The maximum atomic E-state index is 6.02. The molecule has 0 radical (unpaired) electrons. The van der Waals surface area contributed by atoms with Gasteiger partial charge in [-0.15, -0.1) is 0 Å². The molecule has 2 nitrogen and oxygen atoms in total. The van der Waals surface area contributed by atoms with Crippen molar-refractivity contribution < 1.29 is 4.42 Å². The van der Waals surface area contributed by atoms with E-state index >= 15 is 0 Å². The molecule has 1 saturated carbocycles. The van der Waals surface area contributed by atoms with E-state index in [0.717, 1.165) is 24.6 Å². The van der Waals surface area contributed by atoms with Crippen molar-refractivity contribution in [1.82, 2.24) is 4.90 Å². The zero-order valence-corrected chi connectivity index (χ0v) is 10.7. The van der Waals surface area contributed by atoms with Crippen LogP contribution in [0, 0.1) is 0 Å². The average Bonchev–Trinajstić information content (AvgIpc) is 2.53. The second-order valence-corrected chi connectivity index (χ2v) is 5.66. The first-order valence-electron chi connectivity index (χ1n) is 7.15. The van der Waals surface area contributed by atoms with Gasteiger partial charge in [0.05, 0.1) is 0 Å². The summed E-state index contributed by atoms with van der Waals surface area (Å²) in [5.41, 5.74) is 2.52. The summed E-state index contributed by atoms with van der Waals surface area (Å²) < 4.78 is 6.02. The van der Waals surface area contributed by atoms with Crippen LogP contribution >= 0.6 is 0 Å². The van der Waals surface area contributed by atoms with Crippen LogP contribution in [0.15, 0.2) is 28.7 Å². The molecule has 0 spiro atoms. The zero-order valence-electron chi connectivity index (χ0n) is 10.7. The molecule has 1 aromatic heterocycles. The Balaban J connectivity index is 1.75. The molecule has 2 heteroatoms. The van der Waals surface area contributed by atoms with Crippen molar-refractivity contribution in [3.8, 4) is 0 Å². The van der Waals surface area contributed by atoms with Crippen LogP contribution in [-0.2, 0) is 13.0 Å². The second kappa shape index (κ2) is 4.13. The van der Waals surface area contributed by atoms with Crippen LogP contribution in [0.5, 0.6) is 0 Å². The molecule has 1 fully saturated rings. The van der Waals surface area contributed by atoms with E-state index in [0.29, 0.717) is 0 Å². The molecule has 0 bridgehead atoms. The Morgan fingerprint density at radius 3 is 2.83 bits per heavy atom. The van der Waals surface area contributed by atoms with Gasteiger partial charge < -0.3 is 4.42 Å². The van der Waals surface area contributed by atoms with Gasteiger partial charge in [-0.1, -0.05) is 24.6 Å². The van der Waals surface area contributed by atoms with Crippen LogP contribution in [-0.4, -0.2) is 17.5 Å². The summed E-state index contributed by atoms with van der Waals surface area (Å²) in [5.74, 6) is 1.23. The van der Waals surface area contributed by atoms with Crippen molar-refractivity contribution in [2.24, 2.45) is 0 Å². The fourth-order valence-electron chi connectivity index (χ4n) is 3.31. The number of aryl methyl sites for hydroxylation is 1. The van der Waals surface area contributed by atoms with Gasteiger partial charge in [-0.25, -0.2) is 0 Å². The number of benzene rings is 1. The van der Waals surface area contributed by atoms with Crippen molar-refractivity contribution in [3.63, 3.8) is 0 Å². The van der Waals surface area contributed by atoms with Crippen molar-refractivity contribution in [3.05, 3.63) is 35.6 Å². The Hall–Kier alpha value is -1.28. The SMILES string of the molecule is c1ccc2c3c(oc2c1)CCCN(C1CCC1)C3. The molecule has 0 N–H and O–H groups in total. The molecule has 1 aliphatic carbocycles. The highest BCUT2D eigenvalue weighted by Crippen LogP contribution is 2.33. The summed E-state index contributed by atoms with van der Waals surface area (Å²) in [4.78, 5) is 2.68. The lowest BCUT2D eigenvalue weighted by Gasteiger charge is -2.36. The molecule has 2 heterocycles. The first-order chi connectivity index (χ1) is 8.92. The van der Waals surface area contributed by atoms with Crippen LogP contribution < -0.4 is 0 Å². The highest BCUT2D eigenvalue weighted by molar-refractivity contribution is 5.82. The number of nitrogens with zero attached hydrogens (tertiary/aromatic N) is 1. The number of furan rings is 1. The molecule has 0 amide bonds. The third-order valence-corrected chi connectivity index (χ3v) is 4.58. The molecule has 4 rings (SSSR count). The van der Waals surface area contributed by atoms with Crippen LogP contribution in [0.4, 0.5) is 0 Å². The number of hydrogen-bond acceptors (Lipinski definition) is 2. The highest BCUT2D eigenvalue weighted by atomic mass is 16.3. The van der Waals surface area contributed by atoms with Gasteiger partial charge in [-0.2, -0.15) is 0 Å². The van der Waals surface area contributed by atoms with Gasteiger partial charge in [0, 0.05) is 30.0 Å². The summed E-state index contributed by atoms with van der Waals surface area (Å²) in [6.07, 6.45) is 6.55. The smallest absolute Gasteiger partial charge is 0.134 e. The monoisotopic (exact) mass is 241 g/mol. The maximum absolute atomic E-state index is 6.02. The van der Waals surface area contributed by atoms with E-state index in [2.05, 4.69) is 29.2 Å². The summed E-state index contributed by atoms with van der Waals surface area (Å²) in [5, 5.41) is 1.33. The minimum atomic E-state index is 0.838. The van der Waals surface area contributed by atoms with Gasteiger partial charge in [0.15, 0.2) is 0 Å². The van der Waals surface area contributed by atoms with Crippen molar-refractivity contribution >= 4 is 11.0 Å². The molecule has 0 unspecified atom stereocenters. The van der Waals surface area contributed by atoms with E-state index in [1.165, 1.54) is 48.9 Å². The van der Waals surface area contributed by atoms with E-state index in [-0.39, 0.29) is 0 Å². The number of para-hydroxylation sites is 1. The predicted molar refractivity (Wildman–Crippen MR) is 72.6 cm³/mol. The van der Waals surface area contributed by atoms with Crippen molar-refractivity contribution in [2.75, 3.05) is 6.54 Å². The van der Waals surface area contributed by atoms with Gasteiger partial charge in [0.25, 0.3) is 0 Å². The van der Waals surface area contributed by atoms with Gasteiger partial charge in [0.2, 0.25) is 0 Å². The standard InChI is InChI=1S/C16H19NO/c1-2-8-15-13(7-1)14-11-17(12-5-3-6-12)10-4-9-16(14)18-15/h1-2,7-8,12H,3-6,9-11H2. The summed E-state index contributed by atoms with van der Waals surface area (Å²) in [7, 11) is 0. The van der Waals surface area contributed by atoms with Crippen LogP contribution in [0.2, 0.25) is 0 Å². The van der Waals surface area contributed by atoms with E-state index in [9.17, 15) is 0 Å². The lowest BCUT2D eigenvalue weighted by atomic mass is 9.91. The fraction of sp³-hybridized carbons (Fsp3) is 0.500. The zero-order chi connectivity index (χ0) is 11.9. The molecule has 1 aromatic carbocycles. The van der Waals surface area contributed by atoms with E-state index < -0.39 is 0 Å². The highest BCUT2D eigenvalue weighted by Gasteiger charge is 2.28. The van der Waals surface area contributed by atoms with Gasteiger partial charge in [-0.05, 0) is 31.9 Å². The molecule has 18 heavy (non-hydrogen) atoms. The third-order valence-electron chi connectivity index (χ3n) is 4.58. The minimum Gasteiger partial charge on any atom is -0.461 e. The van der Waals surface area contributed by atoms with E-state index in [1.54, 1.807) is 0 Å². The van der Waals surface area contributed by atoms with Gasteiger partial charge >= 0.3 is 0 Å². The second-order valence-electron chi connectivity index (χ2n) is 5.66. The number of fused-ring (bicyclic) bond motifs is 3. The fourth-order valence-corrected chi connectivity index (χ4v) is 3.31. The maximum Gasteiger partial charge on any atom is 0.134 e. The topological polar surface area (TPSA) is 16.4 Å². The van der Waals surface area contributed by atoms with E-state index in [1.807, 2.05) is 0 Å². The normalized spacial score (nSPS) is 21.6. The summed E-state index contributed by atoms with van der Waals surface area (Å²) in [6, 6.07) is 9.33. The lowest BCUT2D eigenvalue weighted by Crippen LogP contribution is -2.39. The van der Waals surface area contributed by atoms with Crippen LogP contribution in [0.1, 0.15) is 37.0 Å². The van der Waals surface area contributed by atoms with Crippen molar-refractivity contribution in [2.45, 2.75) is 44.7 Å². The first kappa shape index (κ1) is 10.6. The molecule has 2 aromatic rings. The Morgan fingerprint density at radius 1 is 1.11 bits per heavy atom. The van der Waals surface area contributed by atoms with Crippen LogP contribution in [0.3, 0.4) is 0 Å². The third kappa shape index (κ3) is 1.59. The Kier molecular flexibility index (Phi) is 2.44. The van der Waals surface area contributed by atoms with Gasteiger partial charge in [-0.3, -0.25) is 4.90 Å². The Labute approximate surface area is 108 Å². The van der Waals surface area contributed by atoms with Crippen molar-refractivity contribution in [1.29, 1.82) is 0 Å². The minimum absolute atomic E-state index is 0.838. The Morgan fingerprint density at radius 2 is 2.00 bits per heavy atom. The predicted octanol–water partition coefficient (Wildman–Crippen LogP) is 3.73. The average molecular weight is 241 g/mol. The molecular formula is C16H19NO. The largest absolute Gasteiger partial charge is 0.461 e. The number of hydrogen-bond donors (Lipinski definition) is 0. The lowest BCUT2D eigenvalue weighted by molar-refractivity contribution is 0.122. The van der Waals surface area contributed by atoms with Gasteiger partial charge in [0.1, 0.15) is 11.3 Å². The molecule has 2 aliphatic rings. The molecule has 0 atom stereocenters. The summed E-state index contributed by atoms with van der Waals surface area (Å²) in [6.45, 7) is 2.33. The summed E-state index contributed by atoms with van der Waals surface area (Å²) >= 11 is 0. The van der Waals surface area contributed by atoms with Crippen LogP contribution in [0.25, 0.3) is 11.0 Å². The number of rotatable bonds is 1. The molecule has 1 aliphatic heterocycles. The first-order valence-corrected chi connectivity index (χ1v) is 7.15. The quantitative estimate of drug-likeness (QED) is 0.756. The molecular weight excluding hydrogens is 222 g/mol. The Bertz CT molecular complexity index is 567. The van der Waals surface area contributed by atoms with E-state index in [4.69, 9.17) is 4.42 Å². The molecule has 0 saturated heterocycles.